The van der Waals surface area contributed by atoms with E-state index in [2.05, 4.69) is 0 Å². The molecule has 2 rings (SSSR count). The van der Waals surface area contributed by atoms with E-state index in [1.54, 1.807) is 30.3 Å². The third kappa shape index (κ3) is 3.79. The van der Waals surface area contributed by atoms with Gasteiger partial charge in [-0.3, -0.25) is 4.79 Å². The number of benzene rings is 1. The molecule has 0 aromatic heterocycles. The molecular weight excluding hydrogens is 264 g/mol. The van der Waals surface area contributed by atoms with E-state index in [1.807, 2.05) is 0 Å². The minimum absolute atomic E-state index is 0.0806. The number of carbonyl (C=O) groups excluding carboxylic acids is 2. The van der Waals surface area contributed by atoms with E-state index in [1.165, 1.54) is 6.92 Å². The first-order chi connectivity index (χ1) is 9.56. The molecule has 1 saturated heterocycles. The van der Waals surface area contributed by atoms with Crippen molar-refractivity contribution in [3.05, 3.63) is 35.9 Å². The molecule has 1 aliphatic heterocycles. The van der Waals surface area contributed by atoms with Crippen molar-refractivity contribution in [1.82, 2.24) is 0 Å². The Balaban J connectivity index is 1.89. The lowest BCUT2D eigenvalue weighted by Gasteiger charge is -2.17. The average Bonchev–Trinajstić information content (AvgIpc) is 2.76. The molecule has 1 aliphatic rings. The Kier molecular flexibility index (Phi) is 4.70. The Morgan fingerprint density at radius 1 is 1.35 bits per heavy atom. The van der Waals surface area contributed by atoms with Crippen molar-refractivity contribution < 1.29 is 28.9 Å². The number of hydrogen-bond donors (Lipinski definition) is 1. The summed E-state index contributed by atoms with van der Waals surface area (Å²) in [5.41, 5.74) is 0.426. The van der Waals surface area contributed by atoms with Crippen molar-refractivity contribution in [3.63, 3.8) is 0 Å². The van der Waals surface area contributed by atoms with Crippen molar-refractivity contribution in [3.8, 4) is 0 Å². The molecule has 1 fully saturated rings. The van der Waals surface area contributed by atoms with Crippen LogP contribution in [0.1, 0.15) is 23.7 Å². The molecule has 1 heterocycles. The van der Waals surface area contributed by atoms with Gasteiger partial charge in [-0.25, -0.2) is 4.79 Å². The van der Waals surface area contributed by atoms with Crippen LogP contribution in [0.3, 0.4) is 0 Å². The molecule has 3 atom stereocenters. The zero-order chi connectivity index (χ0) is 14.5. The van der Waals surface area contributed by atoms with E-state index in [4.69, 9.17) is 14.2 Å². The standard InChI is InChI=1S/C14H16O6/c1-9(15)19-11-7-13(16)20-12(11)8-18-14(17)10-5-3-2-4-6-10/h2-6,11-13,16H,7-8H2,1H3/t11-,12-,13?/m0/s1. The maximum absolute atomic E-state index is 11.8. The Hall–Kier alpha value is -1.92. The lowest BCUT2D eigenvalue weighted by atomic mass is 10.2. The molecule has 0 bridgehead atoms. The maximum Gasteiger partial charge on any atom is 0.338 e. The van der Waals surface area contributed by atoms with E-state index in [0.717, 1.165) is 0 Å². The summed E-state index contributed by atoms with van der Waals surface area (Å²) in [4.78, 5) is 22.7. The fourth-order valence-corrected chi connectivity index (χ4v) is 1.99. The Labute approximate surface area is 116 Å². The Bertz CT molecular complexity index is 472. The first-order valence-electron chi connectivity index (χ1n) is 6.29. The second kappa shape index (κ2) is 6.49. The van der Waals surface area contributed by atoms with Gasteiger partial charge >= 0.3 is 11.9 Å². The quantitative estimate of drug-likeness (QED) is 0.825. The lowest BCUT2D eigenvalue weighted by molar-refractivity contribution is -0.151. The van der Waals surface area contributed by atoms with E-state index in [-0.39, 0.29) is 13.0 Å². The Morgan fingerprint density at radius 2 is 2.05 bits per heavy atom. The van der Waals surface area contributed by atoms with Crippen LogP contribution in [0, 0.1) is 0 Å². The van der Waals surface area contributed by atoms with Crippen molar-refractivity contribution >= 4 is 11.9 Å². The van der Waals surface area contributed by atoms with Crippen LogP contribution in [0.5, 0.6) is 0 Å². The third-order valence-corrected chi connectivity index (χ3v) is 2.89. The fourth-order valence-electron chi connectivity index (χ4n) is 1.99. The molecule has 0 spiro atoms. The third-order valence-electron chi connectivity index (χ3n) is 2.89. The summed E-state index contributed by atoms with van der Waals surface area (Å²) in [5, 5.41) is 9.41. The van der Waals surface area contributed by atoms with Gasteiger partial charge in [-0.15, -0.1) is 0 Å². The average molecular weight is 280 g/mol. The van der Waals surface area contributed by atoms with Gasteiger partial charge in [0.05, 0.1) is 5.56 Å². The number of hydrogen-bond acceptors (Lipinski definition) is 6. The van der Waals surface area contributed by atoms with Gasteiger partial charge < -0.3 is 19.3 Å². The summed E-state index contributed by atoms with van der Waals surface area (Å²) in [6.45, 7) is 1.19. The number of rotatable bonds is 4. The van der Waals surface area contributed by atoms with Crippen LogP contribution in [0.4, 0.5) is 0 Å². The number of aliphatic hydroxyl groups is 1. The summed E-state index contributed by atoms with van der Waals surface area (Å²) in [5.74, 6) is -0.954. The maximum atomic E-state index is 11.8. The van der Waals surface area contributed by atoms with Crippen LogP contribution in [-0.2, 0) is 19.0 Å². The molecule has 0 radical (unpaired) electrons. The topological polar surface area (TPSA) is 82.1 Å². The van der Waals surface area contributed by atoms with Crippen LogP contribution in [0.15, 0.2) is 30.3 Å². The van der Waals surface area contributed by atoms with Crippen LogP contribution >= 0.6 is 0 Å². The van der Waals surface area contributed by atoms with E-state index in [9.17, 15) is 14.7 Å². The number of carbonyl (C=O) groups is 2. The summed E-state index contributed by atoms with van der Waals surface area (Å²) in [6, 6.07) is 8.53. The molecule has 0 saturated carbocycles. The second-order valence-electron chi connectivity index (χ2n) is 4.48. The molecule has 0 aliphatic carbocycles. The van der Waals surface area contributed by atoms with Gasteiger partial charge in [0.15, 0.2) is 6.29 Å². The predicted octanol–water partition coefficient (Wildman–Crippen LogP) is 0.882. The highest BCUT2D eigenvalue weighted by Crippen LogP contribution is 2.22. The smallest absolute Gasteiger partial charge is 0.338 e. The first kappa shape index (κ1) is 14.5. The van der Waals surface area contributed by atoms with Gasteiger partial charge in [0.1, 0.15) is 18.8 Å². The van der Waals surface area contributed by atoms with Crippen LogP contribution < -0.4 is 0 Å². The van der Waals surface area contributed by atoms with Crippen LogP contribution in [0.25, 0.3) is 0 Å². The monoisotopic (exact) mass is 280 g/mol. The zero-order valence-corrected chi connectivity index (χ0v) is 11.0. The van der Waals surface area contributed by atoms with E-state index < -0.39 is 30.4 Å². The van der Waals surface area contributed by atoms with Gasteiger partial charge in [-0.05, 0) is 12.1 Å². The van der Waals surface area contributed by atoms with Crippen molar-refractivity contribution in [1.29, 1.82) is 0 Å². The molecule has 0 amide bonds. The first-order valence-corrected chi connectivity index (χ1v) is 6.29. The molecule has 1 unspecified atom stereocenters. The molecule has 1 N–H and O–H groups in total. The summed E-state index contributed by atoms with van der Waals surface area (Å²) in [7, 11) is 0. The molecule has 108 valence electrons. The van der Waals surface area contributed by atoms with Gasteiger partial charge in [-0.1, -0.05) is 18.2 Å². The highest BCUT2D eigenvalue weighted by atomic mass is 16.7. The Morgan fingerprint density at radius 3 is 2.70 bits per heavy atom. The van der Waals surface area contributed by atoms with Gasteiger partial charge in [-0.2, -0.15) is 0 Å². The molecule has 20 heavy (non-hydrogen) atoms. The molecule has 6 nitrogen and oxygen atoms in total. The molecule has 1 aromatic rings. The van der Waals surface area contributed by atoms with Crippen molar-refractivity contribution in [2.24, 2.45) is 0 Å². The molecule has 1 aromatic carbocycles. The highest BCUT2D eigenvalue weighted by molar-refractivity contribution is 5.89. The largest absolute Gasteiger partial charge is 0.459 e. The second-order valence-corrected chi connectivity index (χ2v) is 4.48. The summed E-state index contributed by atoms with van der Waals surface area (Å²) < 4.78 is 15.3. The predicted molar refractivity (Wildman–Crippen MR) is 67.8 cm³/mol. The van der Waals surface area contributed by atoms with Gasteiger partial charge in [0.25, 0.3) is 0 Å². The number of esters is 2. The van der Waals surface area contributed by atoms with Gasteiger partial charge in [0, 0.05) is 13.3 Å². The van der Waals surface area contributed by atoms with E-state index >= 15 is 0 Å². The lowest BCUT2D eigenvalue weighted by Crippen LogP contribution is -2.31. The number of aliphatic hydroxyl groups excluding tert-OH is 1. The minimum atomic E-state index is -1.01. The molecule has 6 heteroatoms. The molecular formula is C14H16O6. The van der Waals surface area contributed by atoms with Crippen molar-refractivity contribution in [2.75, 3.05) is 6.61 Å². The summed E-state index contributed by atoms with van der Waals surface area (Å²) in [6.07, 6.45) is -2.10. The highest BCUT2D eigenvalue weighted by Gasteiger charge is 2.37. The fraction of sp³-hybridized carbons (Fsp3) is 0.429. The minimum Gasteiger partial charge on any atom is -0.459 e. The van der Waals surface area contributed by atoms with Crippen LogP contribution in [0.2, 0.25) is 0 Å². The van der Waals surface area contributed by atoms with E-state index in [0.29, 0.717) is 5.56 Å². The SMILES string of the molecule is CC(=O)O[C@H]1CC(O)O[C@H]1COC(=O)c1ccccc1. The number of ether oxygens (including phenoxy) is 3. The van der Waals surface area contributed by atoms with Crippen LogP contribution in [-0.4, -0.2) is 42.1 Å². The van der Waals surface area contributed by atoms with Crippen molar-refractivity contribution in [2.45, 2.75) is 31.8 Å². The summed E-state index contributed by atoms with van der Waals surface area (Å²) >= 11 is 0. The van der Waals surface area contributed by atoms with Gasteiger partial charge in [0.2, 0.25) is 0 Å². The normalized spacial score (nSPS) is 25.2. The zero-order valence-electron chi connectivity index (χ0n) is 11.0.